The molecule has 0 radical (unpaired) electrons. The van der Waals surface area contributed by atoms with Crippen molar-refractivity contribution in [2.45, 2.75) is 45.2 Å². The van der Waals surface area contributed by atoms with Gasteiger partial charge in [-0.05, 0) is 20.3 Å². The standard InChI is InChI=1S/C11H21N3O4/c1-7(2)14-9(15)5-6-13-11(18)8(12)3-4-10(16)17/h7-8H,3-6,12H2,1-2H3,(H,13,18)(H,14,15)(H,16,17). The third-order valence-corrected chi connectivity index (χ3v) is 2.11. The van der Waals surface area contributed by atoms with Crippen LogP contribution < -0.4 is 16.4 Å². The van der Waals surface area contributed by atoms with Gasteiger partial charge in [-0.15, -0.1) is 0 Å². The maximum absolute atomic E-state index is 11.4. The Labute approximate surface area is 106 Å². The highest BCUT2D eigenvalue weighted by Gasteiger charge is 2.14. The van der Waals surface area contributed by atoms with Gasteiger partial charge in [0.1, 0.15) is 0 Å². The summed E-state index contributed by atoms with van der Waals surface area (Å²) in [6.45, 7) is 3.88. The second-order valence-electron chi connectivity index (χ2n) is 4.30. The van der Waals surface area contributed by atoms with Crippen LogP contribution in [0.3, 0.4) is 0 Å². The Balaban J connectivity index is 3.75. The largest absolute Gasteiger partial charge is 0.481 e. The van der Waals surface area contributed by atoms with Crippen LogP contribution in [0.15, 0.2) is 0 Å². The van der Waals surface area contributed by atoms with Crippen LogP contribution in [0.4, 0.5) is 0 Å². The lowest BCUT2D eigenvalue weighted by molar-refractivity contribution is -0.137. The third kappa shape index (κ3) is 8.51. The van der Waals surface area contributed by atoms with Gasteiger partial charge < -0.3 is 21.5 Å². The molecule has 0 aliphatic rings. The van der Waals surface area contributed by atoms with Crippen LogP contribution in [-0.4, -0.2) is 41.5 Å². The van der Waals surface area contributed by atoms with Gasteiger partial charge in [-0.2, -0.15) is 0 Å². The summed E-state index contributed by atoms with van der Waals surface area (Å²) in [5, 5.41) is 13.6. The monoisotopic (exact) mass is 259 g/mol. The van der Waals surface area contributed by atoms with Crippen molar-refractivity contribution >= 4 is 17.8 Å². The van der Waals surface area contributed by atoms with E-state index in [0.717, 1.165) is 0 Å². The van der Waals surface area contributed by atoms with E-state index in [-0.39, 0.29) is 37.8 Å². The summed E-state index contributed by atoms with van der Waals surface area (Å²) in [7, 11) is 0. The van der Waals surface area contributed by atoms with E-state index in [2.05, 4.69) is 10.6 Å². The average Bonchev–Trinajstić information content (AvgIpc) is 2.24. The molecule has 5 N–H and O–H groups in total. The van der Waals surface area contributed by atoms with Crippen LogP contribution in [0.5, 0.6) is 0 Å². The average molecular weight is 259 g/mol. The quantitative estimate of drug-likeness (QED) is 0.455. The minimum Gasteiger partial charge on any atom is -0.481 e. The fraction of sp³-hybridized carbons (Fsp3) is 0.727. The highest BCUT2D eigenvalue weighted by atomic mass is 16.4. The Morgan fingerprint density at radius 3 is 2.33 bits per heavy atom. The van der Waals surface area contributed by atoms with Gasteiger partial charge in [0.05, 0.1) is 6.04 Å². The van der Waals surface area contributed by atoms with Crippen molar-refractivity contribution in [3.63, 3.8) is 0 Å². The molecule has 0 aromatic heterocycles. The molecule has 0 spiro atoms. The van der Waals surface area contributed by atoms with Crippen molar-refractivity contribution in [3.05, 3.63) is 0 Å². The Hall–Kier alpha value is -1.63. The van der Waals surface area contributed by atoms with Gasteiger partial charge in [0, 0.05) is 25.4 Å². The molecule has 18 heavy (non-hydrogen) atoms. The van der Waals surface area contributed by atoms with Gasteiger partial charge in [-0.3, -0.25) is 14.4 Å². The van der Waals surface area contributed by atoms with Crippen LogP contribution in [0.1, 0.15) is 33.1 Å². The number of amides is 2. The fourth-order valence-corrected chi connectivity index (χ4v) is 1.23. The number of carbonyl (C=O) groups is 3. The molecule has 1 atom stereocenters. The molecule has 0 aromatic carbocycles. The molecule has 0 saturated carbocycles. The maximum Gasteiger partial charge on any atom is 0.303 e. The smallest absolute Gasteiger partial charge is 0.303 e. The van der Waals surface area contributed by atoms with E-state index >= 15 is 0 Å². The van der Waals surface area contributed by atoms with Crippen molar-refractivity contribution in [1.82, 2.24) is 10.6 Å². The Bertz CT molecular complexity index is 305. The van der Waals surface area contributed by atoms with E-state index in [1.165, 1.54) is 0 Å². The summed E-state index contributed by atoms with van der Waals surface area (Å²) in [6, 6.07) is -0.791. The zero-order valence-corrected chi connectivity index (χ0v) is 10.7. The molecule has 0 aliphatic carbocycles. The van der Waals surface area contributed by atoms with Crippen LogP contribution in [0.2, 0.25) is 0 Å². The predicted octanol–water partition coefficient (Wildman–Crippen LogP) is -0.791. The number of rotatable bonds is 8. The molecular formula is C11H21N3O4. The first-order valence-corrected chi connectivity index (χ1v) is 5.87. The number of carboxylic acid groups (broad SMARTS) is 1. The van der Waals surface area contributed by atoms with E-state index in [9.17, 15) is 14.4 Å². The molecule has 104 valence electrons. The third-order valence-electron chi connectivity index (χ3n) is 2.11. The summed E-state index contributed by atoms with van der Waals surface area (Å²) in [5.74, 6) is -1.58. The van der Waals surface area contributed by atoms with E-state index in [4.69, 9.17) is 10.8 Å². The van der Waals surface area contributed by atoms with Crippen molar-refractivity contribution in [3.8, 4) is 0 Å². The van der Waals surface area contributed by atoms with E-state index < -0.39 is 17.9 Å². The fourth-order valence-electron chi connectivity index (χ4n) is 1.23. The summed E-state index contributed by atoms with van der Waals surface area (Å²) in [5.41, 5.74) is 5.49. The van der Waals surface area contributed by atoms with Crippen LogP contribution in [0.25, 0.3) is 0 Å². The molecule has 0 fully saturated rings. The number of nitrogens with one attached hydrogen (secondary N) is 2. The van der Waals surface area contributed by atoms with Crippen LogP contribution >= 0.6 is 0 Å². The minimum absolute atomic E-state index is 0.0611. The summed E-state index contributed by atoms with van der Waals surface area (Å²) in [6.07, 6.45) is 0.108. The molecule has 0 bridgehead atoms. The molecule has 0 saturated heterocycles. The molecule has 7 nitrogen and oxygen atoms in total. The topological polar surface area (TPSA) is 122 Å². The second-order valence-corrected chi connectivity index (χ2v) is 4.30. The van der Waals surface area contributed by atoms with Gasteiger partial charge in [0.2, 0.25) is 11.8 Å². The van der Waals surface area contributed by atoms with Crippen molar-refractivity contribution < 1.29 is 19.5 Å². The highest BCUT2D eigenvalue weighted by Crippen LogP contribution is 1.94. The lowest BCUT2D eigenvalue weighted by Gasteiger charge is -2.12. The Morgan fingerprint density at radius 1 is 1.22 bits per heavy atom. The first-order valence-electron chi connectivity index (χ1n) is 5.87. The molecular weight excluding hydrogens is 238 g/mol. The van der Waals surface area contributed by atoms with Crippen molar-refractivity contribution in [1.29, 1.82) is 0 Å². The summed E-state index contributed by atoms with van der Waals surface area (Å²) >= 11 is 0. The first-order chi connectivity index (χ1) is 8.32. The van der Waals surface area contributed by atoms with Crippen molar-refractivity contribution in [2.75, 3.05) is 6.54 Å². The number of hydrogen-bond donors (Lipinski definition) is 4. The zero-order valence-electron chi connectivity index (χ0n) is 10.7. The zero-order chi connectivity index (χ0) is 14.1. The Morgan fingerprint density at radius 2 is 1.83 bits per heavy atom. The number of carbonyl (C=O) groups excluding carboxylic acids is 2. The highest BCUT2D eigenvalue weighted by molar-refractivity contribution is 5.83. The van der Waals surface area contributed by atoms with Gasteiger partial charge in [0.25, 0.3) is 0 Å². The first kappa shape index (κ1) is 16.4. The molecule has 0 aromatic rings. The summed E-state index contributed by atoms with van der Waals surface area (Å²) in [4.78, 5) is 32.9. The number of carboxylic acids is 1. The lowest BCUT2D eigenvalue weighted by Crippen LogP contribution is -2.42. The van der Waals surface area contributed by atoms with E-state index in [1.807, 2.05) is 13.8 Å². The summed E-state index contributed by atoms with van der Waals surface area (Å²) < 4.78 is 0. The SMILES string of the molecule is CC(C)NC(=O)CCNC(=O)C(N)CCC(=O)O. The van der Waals surface area contributed by atoms with Gasteiger partial charge in [0.15, 0.2) is 0 Å². The second kappa shape index (κ2) is 8.46. The number of hydrogen-bond acceptors (Lipinski definition) is 4. The van der Waals surface area contributed by atoms with Gasteiger partial charge in [-0.25, -0.2) is 0 Å². The van der Waals surface area contributed by atoms with Crippen LogP contribution in [0, 0.1) is 0 Å². The van der Waals surface area contributed by atoms with E-state index in [0.29, 0.717) is 0 Å². The number of aliphatic carboxylic acids is 1. The predicted molar refractivity (Wildman–Crippen MR) is 65.8 cm³/mol. The van der Waals surface area contributed by atoms with Gasteiger partial charge >= 0.3 is 5.97 Å². The molecule has 0 aliphatic heterocycles. The normalized spacial score (nSPS) is 12.0. The van der Waals surface area contributed by atoms with Gasteiger partial charge in [-0.1, -0.05) is 0 Å². The molecule has 7 heteroatoms. The maximum atomic E-state index is 11.4. The molecule has 2 amide bonds. The molecule has 1 unspecified atom stereocenters. The molecule has 0 rings (SSSR count). The lowest BCUT2D eigenvalue weighted by atomic mass is 10.1. The minimum atomic E-state index is -0.991. The Kier molecular flexibility index (Phi) is 7.69. The molecule has 0 heterocycles. The van der Waals surface area contributed by atoms with Crippen molar-refractivity contribution in [2.24, 2.45) is 5.73 Å². The van der Waals surface area contributed by atoms with E-state index in [1.54, 1.807) is 0 Å². The number of nitrogens with two attached hydrogens (primary N) is 1. The van der Waals surface area contributed by atoms with Crippen LogP contribution in [-0.2, 0) is 14.4 Å².